The van der Waals surface area contributed by atoms with Crippen molar-refractivity contribution in [2.45, 2.75) is 11.4 Å². The monoisotopic (exact) mass is 335 g/mol. The Bertz CT molecular complexity index is 817. The summed E-state index contributed by atoms with van der Waals surface area (Å²) in [4.78, 5) is 10.9. The molecule has 0 aliphatic rings. The van der Waals surface area contributed by atoms with Gasteiger partial charge in [0.15, 0.2) is 0 Å². The number of benzene rings is 2. The van der Waals surface area contributed by atoms with Crippen molar-refractivity contribution in [1.29, 1.82) is 0 Å². The lowest BCUT2D eigenvalue weighted by molar-refractivity contribution is 0.0696. The molecule has 0 aromatic heterocycles. The number of aromatic carboxylic acids is 1. The minimum absolute atomic E-state index is 0.0530. The maximum absolute atomic E-state index is 12.6. The van der Waals surface area contributed by atoms with E-state index in [1.54, 1.807) is 24.3 Å². The maximum atomic E-state index is 12.6. The highest BCUT2D eigenvalue weighted by atomic mass is 32.2. The molecule has 2 aromatic rings. The molecule has 0 heterocycles. The molecule has 0 aliphatic carbocycles. The van der Waals surface area contributed by atoms with Gasteiger partial charge in [-0.05, 0) is 35.9 Å². The second-order valence-electron chi connectivity index (χ2n) is 4.95. The third-order valence-corrected chi connectivity index (χ3v) is 5.13. The number of methoxy groups -OCH3 is 1. The molecule has 1 N–H and O–H groups in total. The average molecular weight is 335 g/mol. The Hall–Kier alpha value is -2.38. The highest BCUT2D eigenvalue weighted by molar-refractivity contribution is 7.89. The summed E-state index contributed by atoms with van der Waals surface area (Å²) in [5.41, 5.74) is 0.700. The van der Waals surface area contributed by atoms with Crippen molar-refractivity contribution in [2.75, 3.05) is 14.2 Å². The summed E-state index contributed by atoms with van der Waals surface area (Å²) >= 11 is 0. The van der Waals surface area contributed by atoms with Crippen LogP contribution in [0.15, 0.2) is 53.4 Å². The number of ether oxygens (including phenoxy) is 1. The summed E-state index contributed by atoms with van der Waals surface area (Å²) in [6.07, 6.45) is 0. The summed E-state index contributed by atoms with van der Waals surface area (Å²) in [7, 11) is -0.798. The number of rotatable bonds is 6. The van der Waals surface area contributed by atoms with Gasteiger partial charge in [-0.15, -0.1) is 0 Å². The van der Waals surface area contributed by atoms with E-state index < -0.39 is 16.0 Å². The summed E-state index contributed by atoms with van der Waals surface area (Å²) < 4.78 is 31.4. The van der Waals surface area contributed by atoms with Crippen LogP contribution in [-0.2, 0) is 16.6 Å². The Morgan fingerprint density at radius 3 is 2.52 bits per heavy atom. The summed E-state index contributed by atoms with van der Waals surface area (Å²) in [5, 5.41) is 8.98. The number of carbonyl (C=O) groups is 1. The molecule has 0 aliphatic heterocycles. The molecule has 23 heavy (non-hydrogen) atoms. The SMILES string of the molecule is COc1cccc(CN(C)S(=O)(=O)c2cccc(C(=O)O)c2)c1. The van der Waals surface area contributed by atoms with Gasteiger partial charge < -0.3 is 9.84 Å². The minimum atomic E-state index is -3.78. The van der Waals surface area contributed by atoms with E-state index in [-0.39, 0.29) is 17.0 Å². The van der Waals surface area contributed by atoms with Crippen LogP contribution in [0.5, 0.6) is 5.75 Å². The Balaban J connectivity index is 2.28. The number of carboxylic acid groups (broad SMARTS) is 1. The van der Waals surface area contributed by atoms with E-state index in [1.165, 1.54) is 36.7 Å². The first kappa shape index (κ1) is 17.0. The molecule has 7 heteroatoms. The summed E-state index contributed by atoms with van der Waals surface area (Å²) in [5.74, 6) is -0.529. The zero-order valence-electron chi connectivity index (χ0n) is 12.8. The maximum Gasteiger partial charge on any atom is 0.335 e. The first-order chi connectivity index (χ1) is 10.8. The van der Waals surface area contributed by atoms with Crippen LogP contribution in [0.1, 0.15) is 15.9 Å². The van der Waals surface area contributed by atoms with Gasteiger partial charge in [0.2, 0.25) is 10.0 Å². The third kappa shape index (κ3) is 3.88. The van der Waals surface area contributed by atoms with Crippen LogP contribution < -0.4 is 4.74 Å². The number of carboxylic acids is 1. The van der Waals surface area contributed by atoms with Crippen molar-refractivity contribution >= 4 is 16.0 Å². The van der Waals surface area contributed by atoms with E-state index >= 15 is 0 Å². The largest absolute Gasteiger partial charge is 0.497 e. The van der Waals surface area contributed by atoms with Crippen LogP contribution in [0.2, 0.25) is 0 Å². The normalized spacial score (nSPS) is 11.4. The molecule has 2 rings (SSSR count). The van der Waals surface area contributed by atoms with Gasteiger partial charge in [0.1, 0.15) is 5.75 Å². The van der Waals surface area contributed by atoms with Crippen molar-refractivity contribution < 1.29 is 23.1 Å². The van der Waals surface area contributed by atoms with Crippen molar-refractivity contribution in [3.8, 4) is 5.75 Å². The molecule has 6 nitrogen and oxygen atoms in total. The van der Waals surface area contributed by atoms with E-state index in [4.69, 9.17) is 9.84 Å². The molecule has 0 saturated heterocycles. The summed E-state index contributed by atoms with van der Waals surface area (Å²) in [6.45, 7) is 0.150. The first-order valence-electron chi connectivity index (χ1n) is 6.77. The second-order valence-corrected chi connectivity index (χ2v) is 6.99. The molecule has 0 fully saturated rings. The quantitative estimate of drug-likeness (QED) is 0.875. The lowest BCUT2D eigenvalue weighted by Gasteiger charge is -2.18. The standard InChI is InChI=1S/C16H17NO5S/c1-17(11-12-5-3-7-14(9-12)22-2)23(20,21)15-8-4-6-13(10-15)16(18)19/h3-10H,11H2,1-2H3,(H,18,19). The van der Waals surface area contributed by atoms with Gasteiger partial charge in [0.25, 0.3) is 0 Å². The molecule has 0 radical (unpaired) electrons. The van der Waals surface area contributed by atoms with Crippen LogP contribution in [0.3, 0.4) is 0 Å². The van der Waals surface area contributed by atoms with Crippen LogP contribution in [0, 0.1) is 0 Å². The average Bonchev–Trinajstić information content (AvgIpc) is 2.55. The number of hydrogen-bond donors (Lipinski definition) is 1. The molecule has 122 valence electrons. The smallest absolute Gasteiger partial charge is 0.335 e. The van der Waals surface area contributed by atoms with Crippen molar-refractivity contribution in [3.63, 3.8) is 0 Å². The van der Waals surface area contributed by atoms with Crippen LogP contribution in [0.25, 0.3) is 0 Å². The minimum Gasteiger partial charge on any atom is -0.497 e. The van der Waals surface area contributed by atoms with Crippen molar-refractivity contribution in [2.24, 2.45) is 0 Å². The van der Waals surface area contributed by atoms with E-state index in [0.717, 1.165) is 11.6 Å². The molecule has 0 spiro atoms. The van der Waals surface area contributed by atoms with E-state index in [9.17, 15) is 13.2 Å². The Morgan fingerprint density at radius 2 is 1.87 bits per heavy atom. The number of nitrogens with zero attached hydrogens (tertiary/aromatic N) is 1. The van der Waals surface area contributed by atoms with Crippen molar-refractivity contribution in [1.82, 2.24) is 4.31 Å². The fraction of sp³-hybridized carbons (Fsp3) is 0.188. The lowest BCUT2D eigenvalue weighted by atomic mass is 10.2. The van der Waals surface area contributed by atoms with E-state index in [2.05, 4.69) is 0 Å². The van der Waals surface area contributed by atoms with Gasteiger partial charge in [-0.1, -0.05) is 18.2 Å². The molecule has 2 aromatic carbocycles. The van der Waals surface area contributed by atoms with Crippen LogP contribution >= 0.6 is 0 Å². The third-order valence-electron chi connectivity index (χ3n) is 3.33. The van der Waals surface area contributed by atoms with Crippen LogP contribution in [0.4, 0.5) is 0 Å². The molecule has 0 saturated carbocycles. The molecule has 0 unspecified atom stereocenters. The Labute approximate surface area is 135 Å². The zero-order valence-corrected chi connectivity index (χ0v) is 13.6. The second kappa shape index (κ2) is 6.80. The Morgan fingerprint density at radius 1 is 1.17 bits per heavy atom. The van der Waals surface area contributed by atoms with Gasteiger partial charge in [0, 0.05) is 13.6 Å². The van der Waals surface area contributed by atoms with E-state index in [1.807, 2.05) is 0 Å². The van der Waals surface area contributed by atoms with E-state index in [0.29, 0.717) is 5.75 Å². The summed E-state index contributed by atoms with van der Waals surface area (Å²) in [6, 6.07) is 12.4. The Kier molecular flexibility index (Phi) is 5.02. The topological polar surface area (TPSA) is 83.9 Å². The molecule has 0 amide bonds. The molecule has 0 bridgehead atoms. The molecule has 0 atom stereocenters. The van der Waals surface area contributed by atoms with Gasteiger partial charge in [-0.3, -0.25) is 0 Å². The number of sulfonamides is 1. The predicted molar refractivity (Wildman–Crippen MR) is 85.0 cm³/mol. The molecular weight excluding hydrogens is 318 g/mol. The van der Waals surface area contributed by atoms with Gasteiger partial charge >= 0.3 is 5.97 Å². The fourth-order valence-corrected chi connectivity index (χ4v) is 3.29. The molecular formula is C16H17NO5S. The zero-order chi connectivity index (χ0) is 17.0. The highest BCUT2D eigenvalue weighted by Crippen LogP contribution is 2.20. The fourth-order valence-electron chi connectivity index (χ4n) is 2.08. The van der Waals surface area contributed by atoms with Gasteiger partial charge in [0.05, 0.1) is 17.6 Å². The van der Waals surface area contributed by atoms with Crippen LogP contribution in [-0.4, -0.2) is 38.0 Å². The first-order valence-corrected chi connectivity index (χ1v) is 8.21. The predicted octanol–water partition coefficient (Wildman–Crippen LogP) is 2.21. The highest BCUT2D eigenvalue weighted by Gasteiger charge is 2.22. The van der Waals surface area contributed by atoms with Gasteiger partial charge in [-0.25, -0.2) is 13.2 Å². The lowest BCUT2D eigenvalue weighted by Crippen LogP contribution is -2.26. The number of hydrogen-bond acceptors (Lipinski definition) is 4. The van der Waals surface area contributed by atoms with Crippen molar-refractivity contribution in [3.05, 3.63) is 59.7 Å². The van der Waals surface area contributed by atoms with Gasteiger partial charge in [-0.2, -0.15) is 4.31 Å².